The third-order valence-corrected chi connectivity index (χ3v) is 21.6. The van der Waals surface area contributed by atoms with Gasteiger partial charge in [0.25, 0.3) is 0 Å². The van der Waals surface area contributed by atoms with E-state index in [9.17, 15) is 106 Å². The summed E-state index contributed by atoms with van der Waals surface area (Å²) in [5, 5.41) is 82.9. The fraction of sp³-hybridized carbons (Fsp3) is 0.616. The Bertz CT molecular complexity index is 4260. The van der Waals surface area contributed by atoms with Crippen molar-refractivity contribution in [3.05, 3.63) is 71.8 Å². The molecule has 46 heteroatoms. The second kappa shape index (κ2) is 58.5. The van der Waals surface area contributed by atoms with Crippen LogP contribution in [0.5, 0.6) is 0 Å². The summed E-state index contributed by atoms with van der Waals surface area (Å²) >= 11 is 0. The molecule has 3 rings (SSSR count). The lowest BCUT2D eigenvalue weighted by Crippen LogP contribution is -2.62. The Hall–Kier alpha value is -13.2. The highest BCUT2D eigenvalue weighted by atomic mass is 16.4. The topological polar surface area (TPSA) is 773 Å². The van der Waals surface area contributed by atoms with Gasteiger partial charge in [-0.3, -0.25) is 97.1 Å². The summed E-state index contributed by atoms with van der Waals surface area (Å²) in [6.07, 6.45) is -3.31. The number of carbonyl (C=O) groups excluding carboxylic acids is 16. The van der Waals surface area contributed by atoms with Gasteiger partial charge in [0.1, 0.15) is 84.6 Å². The lowest BCUT2D eigenvalue weighted by atomic mass is 9.97. The molecular weight excluding hydrogens is 1720 g/mol. The number of nitrogens with two attached hydrogens (primary N) is 6. The van der Waals surface area contributed by atoms with Gasteiger partial charge in [-0.05, 0) is 132 Å². The molecule has 0 bridgehead atoms. The number of rotatable bonds is 62. The van der Waals surface area contributed by atoms with Gasteiger partial charge in [-0.15, -0.1) is 0 Å². The summed E-state index contributed by atoms with van der Waals surface area (Å²) in [6.45, 7) is 14.9. The number of aliphatic carboxylic acids is 3. The fourth-order valence-corrected chi connectivity index (χ4v) is 14.1. The third kappa shape index (κ3) is 42.2. The smallest absolute Gasteiger partial charge is 0.326 e. The Kier molecular flexibility index (Phi) is 50.1. The molecule has 0 aromatic heterocycles. The first kappa shape index (κ1) is 113. The van der Waals surface area contributed by atoms with E-state index in [0.717, 1.165) is 6.92 Å². The first-order chi connectivity index (χ1) is 62.2. The van der Waals surface area contributed by atoms with Crippen LogP contribution in [0.3, 0.4) is 0 Å². The van der Waals surface area contributed by atoms with Crippen molar-refractivity contribution < 1.29 is 106 Å². The molecule has 0 aliphatic carbocycles. The quantitative estimate of drug-likeness (QED) is 0.0169. The SMILES string of the molecule is CC[C@H](C)[C@H](NC(=O)[C@H](CCC(=O)O)NC(=O)[C@H](CCCNC(=N)N)NC(=O)[C@@H](NC(=O)[C@H](CC(C)C)NC(=O)[C@H](CCCNC(=N)N)NC(=O)[C@H](CCC(N)=O)NC(=O)[C@H](Cc1ccccc1)NC(=O)[C@@H]1CCCN1C(=O)[C@H](CC(C)C)NC(=O)[C@@H](N)CCCCN)C(C)C)C(=O)N[C@@H](C)C(=O)N[C@@H](CCC(N)=O)C(=O)N[C@@H](CC(=O)O)C(=O)N[C@@H](Cc1ccccc1)C(=O)O. The van der Waals surface area contributed by atoms with Crippen LogP contribution >= 0.6 is 0 Å². The number of nitrogens with one attached hydrogen (secondary N) is 17. The number of nitrogens with zero attached hydrogens (tertiary/aromatic N) is 1. The summed E-state index contributed by atoms with van der Waals surface area (Å²) in [6, 6.07) is -6.45. The maximum atomic E-state index is 14.9. The lowest BCUT2D eigenvalue weighted by Gasteiger charge is -2.31. The molecule has 2 aromatic carbocycles. The minimum Gasteiger partial charge on any atom is -0.481 e. The van der Waals surface area contributed by atoms with Gasteiger partial charge in [0.2, 0.25) is 94.5 Å². The van der Waals surface area contributed by atoms with E-state index in [1.165, 1.54) is 25.7 Å². The molecule has 1 heterocycles. The van der Waals surface area contributed by atoms with Crippen LogP contribution in [0.15, 0.2) is 60.7 Å². The summed E-state index contributed by atoms with van der Waals surface area (Å²) in [4.78, 5) is 264. The fourth-order valence-electron chi connectivity index (χ4n) is 14.1. The molecular formula is C86H138N24O22. The van der Waals surface area contributed by atoms with Crippen LogP contribution in [0, 0.1) is 34.5 Å². The van der Waals surface area contributed by atoms with Crippen molar-refractivity contribution in [2.24, 2.45) is 58.1 Å². The zero-order chi connectivity index (χ0) is 99.2. The van der Waals surface area contributed by atoms with Gasteiger partial charge in [-0.2, -0.15) is 0 Å². The number of likely N-dealkylation sites (tertiary alicyclic amines) is 1. The number of primary amides is 2. The van der Waals surface area contributed by atoms with E-state index in [1.807, 2.05) is 13.8 Å². The Balaban J connectivity index is 1.99. The molecule has 1 saturated heterocycles. The molecule has 2 aromatic rings. The highest BCUT2D eigenvalue weighted by molar-refractivity contribution is 6.01. The van der Waals surface area contributed by atoms with Crippen molar-refractivity contribution in [2.75, 3.05) is 26.2 Å². The van der Waals surface area contributed by atoms with E-state index in [4.69, 9.17) is 45.2 Å². The minimum atomic E-state index is -1.95. The Morgan fingerprint density at radius 1 is 0.417 bits per heavy atom. The van der Waals surface area contributed by atoms with Crippen LogP contribution in [-0.4, -0.2) is 261 Å². The predicted molar refractivity (Wildman–Crippen MR) is 482 cm³/mol. The summed E-state index contributed by atoms with van der Waals surface area (Å²) in [5.74, 6) is -23.2. The van der Waals surface area contributed by atoms with Gasteiger partial charge in [0.15, 0.2) is 11.9 Å². The third-order valence-electron chi connectivity index (χ3n) is 21.6. The van der Waals surface area contributed by atoms with E-state index >= 15 is 0 Å². The monoisotopic (exact) mass is 1860 g/mol. The van der Waals surface area contributed by atoms with Gasteiger partial charge in [-0.25, -0.2) is 4.79 Å². The van der Waals surface area contributed by atoms with Crippen LogP contribution in [-0.2, 0) is 104 Å². The molecule has 1 aliphatic rings. The Morgan fingerprint density at radius 3 is 1.26 bits per heavy atom. The highest BCUT2D eigenvalue weighted by Gasteiger charge is 2.43. The zero-order valence-electron chi connectivity index (χ0n) is 76.4. The molecule has 734 valence electrons. The molecule has 0 radical (unpaired) electrons. The van der Waals surface area contributed by atoms with Gasteiger partial charge >= 0.3 is 17.9 Å². The van der Waals surface area contributed by atoms with Crippen molar-refractivity contribution in [3.63, 3.8) is 0 Å². The van der Waals surface area contributed by atoms with Gasteiger partial charge < -0.3 is 134 Å². The van der Waals surface area contributed by atoms with Crippen LogP contribution in [0.2, 0.25) is 0 Å². The van der Waals surface area contributed by atoms with Crippen molar-refractivity contribution >= 4 is 124 Å². The molecule has 1 fully saturated rings. The Labute approximate surface area is 766 Å². The summed E-state index contributed by atoms with van der Waals surface area (Å²) < 4.78 is 0. The number of carboxylic acids is 3. The maximum Gasteiger partial charge on any atom is 0.326 e. The highest BCUT2D eigenvalue weighted by Crippen LogP contribution is 2.23. The van der Waals surface area contributed by atoms with Gasteiger partial charge in [0.05, 0.1) is 12.5 Å². The predicted octanol–water partition coefficient (Wildman–Crippen LogP) is -4.48. The average Bonchev–Trinajstić information content (AvgIpc) is 1.62. The van der Waals surface area contributed by atoms with Gasteiger partial charge in [0, 0.05) is 51.7 Å². The number of carboxylic acid groups (broad SMARTS) is 3. The second-order valence-corrected chi connectivity index (χ2v) is 34.0. The molecule has 132 heavy (non-hydrogen) atoms. The number of hydrogen-bond acceptors (Lipinski definition) is 23. The first-order valence-electron chi connectivity index (χ1n) is 44.3. The number of guanidine groups is 2. The van der Waals surface area contributed by atoms with Crippen LogP contribution in [0.1, 0.15) is 195 Å². The van der Waals surface area contributed by atoms with Crippen LogP contribution < -0.4 is 114 Å². The molecule has 0 saturated carbocycles. The molecule has 1 aliphatic heterocycles. The molecule has 16 amide bonds. The van der Waals surface area contributed by atoms with Crippen molar-refractivity contribution in [3.8, 4) is 0 Å². The molecule has 32 N–H and O–H groups in total. The number of benzene rings is 2. The zero-order valence-corrected chi connectivity index (χ0v) is 76.4. The van der Waals surface area contributed by atoms with Crippen LogP contribution in [0.4, 0.5) is 0 Å². The van der Waals surface area contributed by atoms with E-state index in [-0.39, 0.29) is 89.8 Å². The van der Waals surface area contributed by atoms with Gasteiger partial charge in [-0.1, -0.05) is 129 Å². The second-order valence-electron chi connectivity index (χ2n) is 34.0. The molecule has 16 atom stereocenters. The number of unbranched alkanes of at least 4 members (excludes halogenated alkanes) is 1. The largest absolute Gasteiger partial charge is 0.481 e. The normalized spacial score (nSPS) is 15.7. The Morgan fingerprint density at radius 2 is 0.811 bits per heavy atom. The van der Waals surface area contributed by atoms with E-state index in [1.54, 1.807) is 81.4 Å². The van der Waals surface area contributed by atoms with Crippen LogP contribution in [0.25, 0.3) is 0 Å². The standard InChI is InChI=1S/C86H138N24O22/c1-10-48(8)69(82(129)97-49(9)70(117)98-55(30-33-64(89)111)75(122)104-60(44-67(115)116)78(125)107-62(84(131)132)43-51-24-15-12-16-25-51)109-76(123)57(32-35-66(113)114)100-72(119)54(28-20-38-96-86(93)94)102-81(128)68(47(6)7)108-79(126)58(40-45(2)3)103-73(120)53(27-19-37-95-85(91)92)99-74(121)56(31-34-65(90)112)101-77(124)59(42-50-22-13-11-14-23-50)105-80(127)63-29-21-39-110(63)83(130)61(41-46(4)5)106-71(118)52(88)26-17-18-36-87/h11-16,22-25,45-49,52-63,68-69H,10,17-21,26-44,87-88H2,1-9H3,(H2,89,111)(H2,90,112)(H,97,129)(H,98,117)(H,99,121)(H,100,119)(H,101,124)(H,102,128)(H,103,120)(H,104,122)(H,105,127)(H,106,118)(H,107,125)(H,108,126)(H,109,123)(H,113,114)(H,115,116)(H,131,132)(H4,91,92,95)(H4,93,94,96)/t48-,49-,52-,53-,54-,55-,56-,57-,58-,59-,60-,61-,62-,63-,68-,69-/m0/s1. The number of hydrogen-bond donors (Lipinski definition) is 26. The summed E-state index contributed by atoms with van der Waals surface area (Å²) in [7, 11) is 0. The first-order valence-corrected chi connectivity index (χ1v) is 44.3. The maximum absolute atomic E-state index is 14.9. The number of amides is 16. The van der Waals surface area contributed by atoms with Crippen molar-refractivity contribution in [1.82, 2.24) is 84.7 Å². The molecule has 0 unspecified atom stereocenters. The summed E-state index contributed by atoms with van der Waals surface area (Å²) in [5.41, 5.74) is 35.0. The van der Waals surface area contributed by atoms with E-state index in [0.29, 0.717) is 43.4 Å². The molecule has 0 spiro atoms. The molecule has 46 nitrogen and oxygen atoms in total. The average molecular weight is 1860 g/mol. The van der Waals surface area contributed by atoms with Crippen molar-refractivity contribution in [1.29, 1.82) is 10.8 Å². The number of carbonyl (C=O) groups is 19. The minimum absolute atomic E-state index is 0.0114. The van der Waals surface area contributed by atoms with E-state index < -0.39 is 278 Å². The van der Waals surface area contributed by atoms with Crippen molar-refractivity contribution in [2.45, 2.75) is 288 Å². The van der Waals surface area contributed by atoms with E-state index in [2.05, 4.69) is 79.8 Å². The lowest BCUT2D eigenvalue weighted by molar-refractivity contribution is -0.144.